The molecule has 4 nitrogen and oxygen atoms in total. The molecule has 25 heavy (non-hydrogen) atoms. The Morgan fingerprint density at radius 1 is 1.04 bits per heavy atom. The van der Waals surface area contributed by atoms with E-state index in [1.807, 2.05) is 43.3 Å². The molecule has 1 amide bonds. The van der Waals surface area contributed by atoms with Crippen molar-refractivity contribution in [2.75, 3.05) is 0 Å². The molecule has 0 bridgehead atoms. The van der Waals surface area contributed by atoms with E-state index in [2.05, 4.69) is 27.4 Å². The fraction of sp³-hybridized carbons (Fsp3) is 0.190. The Morgan fingerprint density at radius 3 is 2.28 bits per heavy atom. The molecule has 0 saturated carbocycles. The first-order chi connectivity index (χ1) is 12.2. The first kappa shape index (κ1) is 15.5. The van der Waals surface area contributed by atoms with Gasteiger partial charge in [0.05, 0.1) is 11.6 Å². The van der Waals surface area contributed by atoms with Crippen LogP contribution in [-0.4, -0.2) is 21.9 Å². The van der Waals surface area contributed by atoms with Gasteiger partial charge in [-0.05, 0) is 29.2 Å². The number of nitrogens with one attached hydrogen (secondary N) is 1. The molecule has 0 saturated heterocycles. The van der Waals surface area contributed by atoms with Crippen molar-refractivity contribution in [3.63, 3.8) is 0 Å². The van der Waals surface area contributed by atoms with Gasteiger partial charge in [0.15, 0.2) is 0 Å². The standard InChI is InChI=1S/C21H19N3O/c1-14(12-15-13-22-10-11-23-15)24-21(25)20-18-8-4-2-6-16(18)17-7-3-5-9-19(17)20/h2-11,13-14,20H,12H2,1H3,(H,24,25)/t14-/m0/s1. The van der Waals surface area contributed by atoms with E-state index < -0.39 is 0 Å². The third-order valence-electron chi connectivity index (χ3n) is 4.62. The highest BCUT2D eigenvalue weighted by molar-refractivity contribution is 5.96. The minimum atomic E-state index is -0.253. The molecule has 1 aliphatic rings. The number of hydrogen-bond acceptors (Lipinski definition) is 3. The summed E-state index contributed by atoms with van der Waals surface area (Å²) in [6, 6.07) is 16.3. The quantitative estimate of drug-likeness (QED) is 0.799. The molecule has 0 fully saturated rings. The predicted molar refractivity (Wildman–Crippen MR) is 97.1 cm³/mol. The first-order valence-electron chi connectivity index (χ1n) is 8.47. The molecule has 1 atom stereocenters. The van der Waals surface area contributed by atoms with E-state index in [0.29, 0.717) is 6.42 Å². The van der Waals surface area contributed by atoms with Crippen LogP contribution in [0.5, 0.6) is 0 Å². The van der Waals surface area contributed by atoms with Crippen LogP contribution in [0, 0.1) is 0 Å². The van der Waals surface area contributed by atoms with Crippen molar-refractivity contribution in [1.29, 1.82) is 0 Å². The number of rotatable bonds is 4. The van der Waals surface area contributed by atoms with Gasteiger partial charge in [-0.15, -0.1) is 0 Å². The number of hydrogen-bond donors (Lipinski definition) is 1. The zero-order valence-corrected chi connectivity index (χ0v) is 14.0. The molecule has 1 heterocycles. The molecule has 0 spiro atoms. The Balaban J connectivity index is 1.58. The summed E-state index contributed by atoms with van der Waals surface area (Å²) in [6.07, 6.45) is 5.73. The highest BCUT2D eigenvalue weighted by Gasteiger charge is 2.33. The van der Waals surface area contributed by atoms with Gasteiger partial charge in [-0.2, -0.15) is 0 Å². The normalized spacial score (nSPS) is 13.8. The molecule has 0 unspecified atom stereocenters. The average Bonchev–Trinajstić information content (AvgIpc) is 2.97. The predicted octanol–water partition coefficient (Wildman–Crippen LogP) is 3.34. The van der Waals surface area contributed by atoms with Gasteiger partial charge < -0.3 is 5.32 Å². The minimum absolute atomic E-state index is 0.0101. The number of benzene rings is 2. The van der Waals surface area contributed by atoms with Crippen LogP contribution in [0.4, 0.5) is 0 Å². The summed E-state index contributed by atoms with van der Waals surface area (Å²) < 4.78 is 0. The smallest absolute Gasteiger partial charge is 0.232 e. The Labute approximate surface area is 147 Å². The van der Waals surface area contributed by atoms with E-state index in [0.717, 1.165) is 27.9 Å². The molecule has 3 aromatic rings. The van der Waals surface area contributed by atoms with Crippen molar-refractivity contribution < 1.29 is 4.79 Å². The Hall–Kier alpha value is -3.01. The highest BCUT2D eigenvalue weighted by Crippen LogP contribution is 2.44. The van der Waals surface area contributed by atoms with Crippen LogP contribution in [0.2, 0.25) is 0 Å². The molecule has 1 N–H and O–H groups in total. The molecule has 4 heteroatoms. The third kappa shape index (κ3) is 2.91. The van der Waals surface area contributed by atoms with E-state index in [1.165, 1.54) is 0 Å². The van der Waals surface area contributed by atoms with Gasteiger partial charge in [0.25, 0.3) is 0 Å². The van der Waals surface area contributed by atoms with Gasteiger partial charge in [-0.1, -0.05) is 48.5 Å². The largest absolute Gasteiger partial charge is 0.352 e. The van der Waals surface area contributed by atoms with Crippen LogP contribution in [0.1, 0.15) is 29.7 Å². The third-order valence-corrected chi connectivity index (χ3v) is 4.62. The number of fused-ring (bicyclic) bond motifs is 3. The summed E-state index contributed by atoms with van der Waals surface area (Å²) in [4.78, 5) is 21.4. The maximum atomic E-state index is 13.0. The number of amides is 1. The van der Waals surface area contributed by atoms with Crippen LogP contribution >= 0.6 is 0 Å². The molecular formula is C21H19N3O. The SMILES string of the molecule is C[C@@H](Cc1cnccn1)NC(=O)C1c2ccccc2-c2ccccc21. The molecular weight excluding hydrogens is 310 g/mol. The van der Waals surface area contributed by atoms with Crippen LogP contribution in [0.25, 0.3) is 11.1 Å². The molecule has 124 valence electrons. The zero-order chi connectivity index (χ0) is 17.2. The van der Waals surface area contributed by atoms with Crippen LogP contribution in [0.15, 0.2) is 67.1 Å². The molecule has 1 aliphatic carbocycles. The summed E-state index contributed by atoms with van der Waals surface area (Å²) in [6.45, 7) is 2.00. The lowest BCUT2D eigenvalue weighted by Gasteiger charge is -2.18. The minimum Gasteiger partial charge on any atom is -0.352 e. The van der Waals surface area contributed by atoms with Gasteiger partial charge in [-0.3, -0.25) is 14.8 Å². The summed E-state index contributed by atoms with van der Waals surface area (Å²) in [5.41, 5.74) is 5.34. The number of nitrogens with zero attached hydrogens (tertiary/aromatic N) is 2. The first-order valence-corrected chi connectivity index (χ1v) is 8.47. The number of aromatic nitrogens is 2. The van der Waals surface area contributed by atoms with Crippen molar-refractivity contribution in [2.24, 2.45) is 0 Å². The van der Waals surface area contributed by atoms with E-state index in [-0.39, 0.29) is 17.9 Å². The summed E-state index contributed by atoms with van der Waals surface area (Å²) in [7, 11) is 0. The van der Waals surface area contributed by atoms with Crippen molar-refractivity contribution >= 4 is 5.91 Å². The molecule has 0 radical (unpaired) electrons. The summed E-state index contributed by atoms with van der Waals surface area (Å²) in [5.74, 6) is -0.217. The van der Waals surface area contributed by atoms with E-state index in [1.54, 1.807) is 18.6 Å². The highest BCUT2D eigenvalue weighted by atomic mass is 16.1. The fourth-order valence-corrected chi connectivity index (χ4v) is 3.56. The lowest BCUT2D eigenvalue weighted by atomic mass is 9.95. The van der Waals surface area contributed by atoms with Gasteiger partial charge >= 0.3 is 0 Å². The van der Waals surface area contributed by atoms with Crippen molar-refractivity contribution in [2.45, 2.75) is 25.3 Å². The molecule has 2 aromatic carbocycles. The van der Waals surface area contributed by atoms with Crippen LogP contribution in [-0.2, 0) is 11.2 Å². The van der Waals surface area contributed by atoms with Crippen LogP contribution < -0.4 is 5.32 Å². The maximum absolute atomic E-state index is 13.0. The van der Waals surface area contributed by atoms with Gasteiger partial charge in [-0.25, -0.2) is 0 Å². The van der Waals surface area contributed by atoms with Crippen molar-refractivity contribution in [1.82, 2.24) is 15.3 Å². The summed E-state index contributed by atoms with van der Waals surface area (Å²) >= 11 is 0. The fourth-order valence-electron chi connectivity index (χ4n) is 3.56. The lowest BCUT2D eigenvalue weighted by molar-refractivity contribution is -0.122. The van der Waals surface area contributed by atoms with E-state index in [4.69, 9.17) is 0 Å². The van der Waals surface area contributed by atoms with Crippen molar-refractivity contribution in [3.8, 4) is 11.1 Å². The monoisotopic (exact) mass is 329 g/mol. The second-order valence-electron chi connectivity index (χ2n) is 6.42. The van der Waals surface area contributed by atoms with E-state index >= 15 is 0 Å². The lowest BCUT2D eigenvalue weighted by Crippen LogP contribution is -2.37. The average molecular weight is 329 g/mol. The van der Waals surface area contributed by atoms with E-state index in [9.17, 15) is 4.79 Å². The number of carbonyl (C=O) groups excluding carboxylic acids is 1. The zero-order valence-electron chi connectivity index (χ0n) is 14.0. The van der Waals surface area contributed by atoms with Gasteiger partial charge in [0, 0.05) is 31.1 Å². The molecule has 4 rings (SSSR count). The topological polar surface area (TPSA) is 54.9 Å². The Morgan fingerprint density at radius 2 is 1.68 bits per heavy atom. The molecule has 1 aromatic heterocycles. The second-order valence-corrected chi connectivity index (χ2v) is 6.42. The maximum Gasteiger partial charge on any atom is 0.232 e. The summed E-state index contributed by atoms with van der Waals surface area (Å²) in [5, 5.41) is 3.15. The van der Waals surface area contributed by atoms with Crippen LogP contribution in [0.3, 0.4) is 0 Å². The van der Waals surface area contributed by atoms with Gasteiger partial charge in [0.2, 0.25) is 5.91 Å². The van der Waals surface area contributed by atoms with Crippen molar-refractivity contribution in [3.05, 3.63) is 83.9 Å². The molecule has 0 aliphatic heterocycles. The number of carbonyl (C=O) groups is 1. The Bertz CT molecular complexity index is 862. The van der Waals surface area contributed by atoms with Gasteiger partial charge in [0.1, 0.15) is 0 Å². The Kier molecular flexibility index (Phi) is 4.02. The second kappa shape index (κ2) is 6.48.